The van der Waals surface area contributed by atoms with Crippen LogP contribution < -0.4 is 0 Å². The second kappa shape index (κ2) is 23.9. The van der Waals surface area contributed by atoms with Crippen LogP contribution in [0.15, 0.2) is 0 Å². The van der Waals surface area contributed by atoms with Crippen molar-refractivity contribution in [2.45, 2.75) is 166 Å². The van der Waals surface area contributed by atoms with Gasteiger partial charge < -0.3 is 19.7 Å². The molecule has 0 aliphatic heterocycles. The first-order valence-corrected chi connectivity index (χ1v) is 16.0. The Morgan fingerprint density at radius 3 is 1.58 bits per heavy atom. The Hall–Kier alpha value is -0.200. The van der Waals surface area contributed by atoms with Gasteiger partial charge in [-0.15, -0.1) is 12.6 Å². The Balaban J connectivity index is 4.47. The molecule has 0 fully saturated rings. The lowest BCUT2D eigenvalue weighted by molar-refractivity contribution is -0.256. The molecule has 0 bridgehead atoms. The highest BCUT2D eigenvalue weighted by atomic mass is 32.1. The van der Waals surface area contributed by atoms with Crippen LogP contribution >= 0.6 is 21.1 Å². The van der Waals surface area contributed by atoms with Crippen molar-refractivity contribution in [2.75, 3.05) is 0 Å². The molecule has 0 rings (SSSR count). The lowest BCUT2D eigenvalue weighted by Gasteiger charge is -2.27. The van der Waals surface area contributed by atoms with Crippen molar-refractivity contribution >= 4 is 27.1 Å². The third kappa shape index (κ3) is 19.0. The van der Waals surface area contributed by atoms with Gasteiger partial charge in [0.1, 0.15) is 5.44 Å². The van der Waals surface area contributed by atoms with E-state index < -0.39 is 31.7 Å². The highest BCUT2D eigenvalue weighted by Gasteiger charge is 2.42. The average Bonchev–Trinajstić information content (AvgIpc) is 2.86. The number of aliphatic hydroxyl groups is 1. The van der Waals surface area contributed by atoms with Gasteiger partial charge in [-0.1, -0.05) is 136 Å². The summed E-state index contributed by atoms with van der Waals surface area (Å²) in [5.41, 5.74) is -3.24. The molecule has 214 valence electrons. The van der Waals surface area contributed by atoms with Gasteiger partial charge in [0.15, 0.2) is 6.29 Å². The van der Waals surface area contributed by atoms with Crippen molar-refractivity contribution in [3.63, 3.8) is 0 Å². The van der Waals surface area contributed by atoms with Crippen molar-refractivity contribution in [2.24, 2.45) is 5.92 Å². The van der Waals surface area contributed by atoms with E-state index in [4.69, 9.17) is 14.6 Å². The number of thiol groups is 1. The normalized spacial score (nSPS) is 16.0. The summed E-state index contributed by atoms with van der Waals surface area (Å²) in [6.07, 6.45) is 23.2. The zero-order chi connectivity index (χ0) is 27.1. The third-order valence-electron chi connectivity index (χ3n) is 6.81. The molecule has 6 nitrogen and oxygen atoms in total. The van der Waals surface area contributed by atoms with Crippen molar-refractivity contribution in [1.82, 2.24) is 0 Å². The van der Waals surface area contributed by atoms with E-state index in [-0.39, 0.29) is 0 Å². The summed E-state index contributed by atoms with van der Waals surface area (Å²) >= 11 is 4.59. The fourth-order valence-corrected chi connectivity index (χ4v) is 5.20. The summed E-state index contributed by atoms with van der Waals surface area (Å²) < 4.78 is 22.0. The predicted octanol–water partition coefficient (Wildman–Crippen LogP) is 9.10. The number of rotatable bonds is 27. The molecule has 4 unspecified atom stereocenters. The molecule has 0 aromatic rings. The zero-order valence-corrected chi connectivity index (χ0v) is 25.1. The second-order valence-electron chi connectivity index (χ2n) is 10.2. The first kappa shape index (κ1) is 35.8. The standard InChI is InChI=1S/C28H55O6PS/c1-4-7-9-11-12-13-14-15-16-18-20-22-24(21-19-17-10-8-5-2)23-26(36)33-25(6-3)34-28(31,35-32)27(29)30/h24-26,31,36H,4-23H2,1-3H3,(H,29,30). The molecule has 36 heavy (non-hydrogen) atoms. The minimum absolute atomic E-state index is 0.308. The van der Waals surface area contributed by atoms with Crippen molar-refractivity contribution < 1.29 is 29.0 Å². The van der Waals surface area contributed by atoms with Gasteiger partial charge in [0.2, 0.25) is 8.46 Å². The number of carboxylic acid groups (broad SMARTS) is 1. The van der Waals surface area contributed by atoms with Crippen LogP contribution in [0, 0.1) is 5.92 Å². The Morgan fingerprint density at radius 1 is 0.806 bits per heavy atom. The summed E-state index contributed by atoms with van der Waals surface area (Å²) in [6, 6.07) is 0. The minimum Gasteiger partial charge on any atom is -0.477 e. The molecule has 8 heteroatoms. The molecule has 0 aliphatic rings. The molecule has 0 radical (unpaired) electrons. The number of carbonyl (C=O) groups is 1. The molecule has 0 aromatic heterocycles. The molecule has 0 saturated heterocycles. The van der Waals surface area contributed by atoms with Gasteiger partial charge in [0, 0.05) is 0 Å². The van der Waals surface area contributed by atoms with E-state index in [1.165, 1.54) is 103 Å². The average molecular weight is 551 g/mol. The van der Waals surface area contributed by atoms with E-state index in [0.29, 0.717) is 12.3 Å². The van der Waals surface area contributed by atoms with E-state index in [0.717, 1.165) is 19.3 Å². The Kier molecular flexibility index (Phi) is 23.8. The number of hydrogen-bond acceptors (Lipinski definition) is 6. The van der Waals surface area contributed by atoms with Gasteiger partial charge in [-0.3, -0.25) is 4.57 Å². The fraction of sp³-hybridized carbons (Fsp3) is 0.964. The van der Waals surface area contributed by atoms with Crippen LogP contribution in [0.3, 0.4) is 0 Å². The third-order valence-corrected chi connectivity index (χ3v) is 7.68. The summed E-state index contributed by atoms with van der Waals surface area (Å²) in [4.78, 5) is 11.2. The first-order valence-electron chi connectivity index (χ1n) is 14.6. The lowest BCUT2D eigenvalue weighted by atomic mass is 9.91. The molecular formula is C28H55O6PS. The SMILES string of the molecule is CCCCCCCCCCCCCC(CCCCCCC)CC(S)OC(CC)OC(O)(P=O)C(=O)O. The fourth-order valence-electron chi connectivity index (χ4n) is 4.53. The maximum atomic E-state index is 11.2. The highest BCUT2D eigenvalue weighted by molar-refractivity contribution is 7.80. The summed E-state index contributed by atoms with van der Waals surface area (Å²) in [5.74, 6) is -1.22. The van der Waals surface area contributed by atoms with Crippen LogP contribution in [0.1, 0.15) is 149 Å². The molecule has 4 atom stereocenters. The second-order valence-corrected chi connectivity index (χ2v) is 11.5. The number of ether oxygens (including phenoxy) is 2. The Bertz CT molecular complexity index is 538. The quantitative estimate of drug-likeness (QED) is 0.0409. The topological polar surface area (TPSA) is 93.1 Å². The van der Waals surface area contributed by atoms with Gasteiger partial charge in [0.05, 0.1) is 0 Å². The smallest absolute Gasteiger partial charge is 0.377 e. The number of unbranched alkanes of at least 4 members (excludes halogenated alkanes) is 14. The van der Waals surface area contributed by atoms with Gasteiger partial charge >= 0.3 is 11.5 Å². The van der Waals surface area contributed by atoms with E-state index in [1.807, 2.05) is 0 Å². The lowest BCUT2D eigenvalue weighted by Crippen LogP contribution is -2.40. The van der Waals surface area contributed by atoms with E-state index in [9.17, 15) is 14.5 Å². The van der Waals surface area contributed by atoms with Gasteiger partial charge in [-0.05, 0) is 18.8 Å². The van der Waals surface area contributed by atoms with Crippen LogP contribution in [-0.4, -0.2) is 33.4 Å². The number of aliphatic carboxylic acids is 1. The monoisotopic (exact) mass is 550 g/mol. The molecule has 0 aliphatic carbocycles. The van der Waals surface area contributed by atoms with Crippen LogP contribution in [-0.2, 0) is 18.8 Å². The highest BCUT2D eigenvalue weighted by Crippen LogP contribution is 2.29. The molecular weight excluding hydrogens is 495 g/mol. The molecule has 0 spiro atoms. The van der Waals surface area contributed by atoms with Crippen LogP contribution in [0.2, 0.25) is 0 Å². The Labute approximate surface area is 228 Å². The largest absolute Gasteiger partial charge is 0.477 e. The minimum atomic E-state index is -2.80. The van der Waals surface area contributed by atoms with Gasteiger partial charge in [-0.2, -0.15) is 0 Å². The van der Waals surface area contributed by atoms with E-state index >= 15 is 0 Å². The van der Waals surface area contributed by atoms with Crippen LogP contribution in [0.4, 0.5) is 0 Å². The van der Waals surface area contributed by atoms with Gasteiger partial charge in [-0.25, -0.2) is 4.79 Å². The maximum Gasteiger partial charge on any atom is 0.377 e. The summed E-state index contributed by atoms with van der Waals surface area (Å²) in [5, 5.41) is 19.0. The molecule has 0 saturated carbocycles. The maximum absolute atomic E-state index is 11.2. The Morgan fingerprint density at radius 2 is 1.22 bits per heavy atom. The van der Waals surface area contributed by atoms with Crippen LogP contribution in [0.25, 0.3) is 0 Å². The van der Waals surface area contributed by atoms with Crippen molar-refractivity contribution in [3.8, 4) is 0 Å². The van der Waals surface area contributed by atoms with Gasteiger partial charge in [0.25, 0.3) is 0 Å². The molecule has 0 amide bonds. The van der Waals surface area contributed by atoms with E-state index in [1.54, 1.807) is 6.92 Å². The molecule has 0 heterocycles. The van der Waals surface area contributed by atoms with Crippen molar-refractivity contribution in [1.29, 1.82) is 0 Å². The molecule has 2 N–H and O–H groups in total. The zero-order valence-electron chi connectivity index (χ0n) is 23.3. The predicted molar refractivity (Wildman–Crippen MR) is 152 cm³/mol. The summed E-state index contributed by atoms with van der Waals surface area (Å²) in [6.45, 7) is 6.24. The van der Waals surface area contributed by atoms with Crippen molar-refractivity contribution in [3.05, 3.63) is 0 Å². The van der Waals surface area contributed by atoms with E-state index in [2.05, 4.69) is 26.5 Å². The first-order chi connectivity index (χ1) is 17.3. The number of carboxylic acids is 1. The molecule has 0 aromatic carbocycles. The number of hydrogen-bond donors (Lipinski definition) is 3. The summed E-state index contributed by atoms with van der Waals surface area (Å²) in [7, 11) is -1.03. The van der Waals surface area contributed by atoms with Crippen LogP contribution in [0.5, 0.6) is 0 Å².